The van der Waals surface area contributed by atoms with Crippen LogP contribution in [-0.4, -0.2) is 53.5 Å². The molecule has 1 aliphatic heterocycles. The van der Waals surface area contributed by atoms with Crippen LogP contribution in [0.3, 0.4) is 0 Å². The maximum Gasteiger partial charge on any atom is 0.191 e. The number of benzene rings is 1. The second kappa shape index (κ2) is 12.1. The molecule has 160 valence electrons. The fourth-order valence-electron chi connectivity index (χ4n) is 3.44. The monoisotopic (exact) mass is 513 g/mol. The Morgan fingerprint density at radius 1 is 1.28 bits per heavy atom. The van der Waals surface area contributed by atoms with Crippen molar-refractivity contribution in [2.45, 2.75) is 32.9 Å². The maximum atomic E-state index is 9.38. The Kier molecular flexibility index (Phi) is 9.89. The molecule has 3 N–H and O–H groups in total. The van der Waals surface area contributed by atoms with E-state index in [1.807, 2.05) is 12.5 Å². The van der Waals surface area contributed by atoms with Gasteiger partial charge in [-0.3, -0.25) is 0 Å². The first-order valence-corrected chi connectivity index (χ1v) is 9.97. The lowest BCUT2D eigenvalue weighted by Gasteiger charge is -2.27. The third kappa shape index (κ3) is 7.27. The van der Waals surface area contributed by atoms with E-state index in [-0.39, 0.29) is 36.0 Å². The van der Waals surface area contributed by atoms with Crippen LogP contribution in [0.5, 0.6) is 0 Å². The van der Waals surface area contributed by atoms with Crippen molar-refractivity contribution < 1.29 is 9.84 Å². The summed E-state index contributed by atoms with van der Waals surface area (Å²) in [7, 11) is 0. The van der Waals surface area contributed by atoms with Crippen molar-refractivity contribution in [3.8, 4) is 0 Å². The molecule has 0 bridgehead atoms. The summed E-state index contributed by atoms with van der Waals surface area (Å²) < 4.78 is 7.62. The molecule has 1 aliphatic rings. The number of aliphatic imine (C=N–C) groups is 1. The Bertz CT molecular complexity index is 728. The van der Waals surface area contributed by atoms with E-state index in [0.29, 0.717) is 13.2 Å². The van der Waals surface area contributed by atoms with Crippen LogP contribution in [0.1, 0.15) is 30.9 Å². The van der Waals surface area contributed by atoms with Gasteiger partial charge in [0.25, 0.3) is 0 Å². The normalized spacial score (nSPS) is 19.0. The number of aromatic nitrogens is 2. The zero-order valence-electron chi connectivity index (χ0n) is 17.0. The molecule has 1 aromatic carbocycles. The number of imidazole rings is 1. The van der Waals surface area contributed by atoms with Crippen LogP contribution >= 0.6 is 24.0 Å². The van der Waals surface area contributed by atoms with Gasteiger partial charge in [-0.2, -0.15) is 0 Å². The fourth-order valence-corrected chi connectivity index (χ4v) is 3.44. The van der Waals surface area contributed by atoms with E-state index in [9.17, 15) is 5.11 Å². The molecule has 1 fully saturated rings. The van der Waals surface area contributed by atoms with E-state index in [1.54, 1.807) is 6.20 Å². The molecule has 8 heteroatoms. The molecule has 3 rings (SSSR count). The lowest BCUT2D eigenvalue weighted by atomic mass is 9.84. The van der Waals surface area contributed by atoms with Gasteiger partial charge in [-0.1, -0.05) is 24.3 Å². The molecule has 29 heavy (non-hydrogen) atoms. The molecule has 0 amide bonds. The molecule has 0 aliphatic carbocycles. The van der Waals surface area contributed by atoms with Crippen LogP contribution < -0.4 is 10.6 Å². The van der Waals surface area contributed by atoms with Gasteiger partial charge in [0.2, 0.25) is 0 Å². The lowest BCUT2D eigenvalue weighted by Crippen LogP contribution is -2.44. The first-order chi connectivity index (χ1) is 13.7. The van der Waals surface area contributed by atoms with Gasteiger partial charge >= 0.3 is 0 Å². The highest BCUT2D eigenvalue weighted by molar-refractivity contribution is 14.0. The highest BCUT2D eigenvalue weighted by atomic mass is 127. The zero-order valence-corrected chi connectivity index (χ0v) is 19.3. The molecule has 7 nitrogen and oxygen atoms in total. The summed E-state index contributed by atoms with van der Waals surface area (Å²) >= 11 is 0. The molecule has 2 heterocycles. The van der Waals surface area contributed by atoms with Crippen molar-refractivity contribution in [1.82, 2.24) is 20.2 Å². The van der Waals surface area contributed by atoms with Crippen LogP contribution in [0.2, 0.25) is 0 Å². The van der Waals surface area contributed by atoms with E-state index in [2.05, 4.69) is 51.4 Å². The van der Waals surface area contributed by atoms with Gasteiger partial charge in [0.15, 0.2) is 5.96 Å². The summed E-state index contributed by atoms with van der Waals surface area (Å²) in [4.78, 5) is 8.79. The fraction of sp³-hybridized carbons (Fsp3) is 0.524. The molecule has 2 aromatic rings. The average Bonchev–Trinajstić information content (AvgIpc) is 3.38. The third-order valence-corrected chi connectivity index (χ3v) is 5.17. The Labute approximate surface area is 190 Å². The average molecular weight is 513 g/mol. The SMILES string of the molecule is CCNC(=NCc1ccc(Cn2ccnc2)cc1)NCC1(CCO)CCOC1.I. The second-order valence-corrected chi connectivity index (χ2v) is 7.38. The van der Waals surface area contributed by atoms with E-state index in [0.717, 1.165) is 45.0 Å². The van der Waals surface area contributed by atoms with Crippen LogP contribution in [0.25, 0.3) is 0 Å². The Morgan fingerprint density at radius 2 is 2.07 bits per heavy atom. The molecule has 1 atom stereocenters. The van der Waals surface area contributed by atoms with Crippen LogP contribution in [0, 0.1) is 5.41 Å². The minimum atomic E-state index is -0.0000875. The van der Waals surface area contributed by atoms with Crippen LogP contribution in [0.4, 0.5) is 0 Å². The largest absolute Gasteiger partial charge is 0.396 e. The number of guanidine groups is 1. The summed E-state index contributed by atoms with van der Waals surface area (Å²) in [6.45, 7) is 6.70. The van der Waals surface area contributed by atoms with E-state index in [1.165, 1.54) is 11.1 Å². The predicted octanol–water partition coefficient (Wildman–Crippen LogP) is 2.39. The quantitative estimate of drug-likeness (QED) is 0.273. The van der Waals surface area contributed by atoms with Crippen molar-refractivity contribution in [3.63, 3.8) is 0 Å². The van der Waals surface area contributed by atoms with Crippen molar-refractivity contribution in [1.29, 1.82) is 0 Å². The van der Waals surface area contributed by atoms with Gasteiger partial charge in [-0.05, 0) is 30.9 Å². The Morgan fingerprint density at radius 3 is 2.69 bits per heavy atom. The molecular formula is C21H32IN5O2. The second-order valence-electron chi connectivity index (χ2n) is 7.38. The number of nitrogens with one attached hydrogen (secondary N) is 2. The van der Waals surface area contributed by atoms with E-state index >= 15 is 0 Å². The number of rotatable bonds is 9. The molecule has 1 aromatic heterocycles. The van der Waals surface area contributed by atoms with Crippen LogP contribution in [0.15, 0.2) is 48.0 Å². The van der Waals surface area contributed by atoms with Crippen molar-refractivity contribution in [2.24, 2.45) is 10.4 Å². The van der Waals surface area contributed by atoms with Gasteiger partial charge in [-0.15, -0.1) is 24.0 Å². The van der Waals surface area contributed by atoms with E-state index in [4.69, 9.17) is 9.73 Å². The Balaban J connectivity index is 0.00000300. The Hall–Kier alpha value is -1.65. The van der Waals surface area contributed by atoms with Crippen molar-refractivity contribution >= 4 is 29.9 Å². The van der Waals surface area contributed by atoms with Crippen molar-refractivity contribution in [3.05, 3.63) is 54.1 Å². The number of halogens is 1. The highest BCUT2D eigenvalue weighted by Crippen LogP contribution is 2.31. The summed E-state index contributed by atoms with van der Waals surface area (Å²) in [6, 6.07) is 8.52. The molecule has 0 saturated carbocycles. The number of ether oxygens (including phenoxy) is 1. The number of aliphatic hydroxyl groups excluding tert-OH is 1. The molecular weight excluding hydrogens is 481 g/mol. The van der Waals surface area contributed by atoms with Gasteiger partial charge < -0.3 is 25.0 Å². The summed E-state index contributed by atoms with van der Waals surface area (Å²) in [6.07, 6.45) is 7.30. The predicted molar refractivity (Wildman–Crippen MR) is 126 cm³/mol. The number of hydrogen-bond acceptors (Lipinski definition) is 4. The number of nitrogens with zero attached hydrogens (tertiary/aromatic N) is 3. The van der Waals surface area contributed by atoms with Gasteiger partial charge in [0.05, 0.1) is 19.5 Å². The summed E-state index contributed by atoms with van der Waals surface area (Å²) in [5, 5.41) is 16.1. The van der Waals surface area contributed by atoms with Gasteiger partial charge in [0, 0.05) is 50.7 Å². The third-order valence-electron chi connectivity index (χ3n) is 5.17. The maximum absolute atomic E-state index is 9.38. The smallest absolute Gasteiger partial charge is 0.191 e. The molecule has 1 unspecified atom stereocenters. The standard InChI is InChI=1S/C21H31N5O2.HI/c1-2-23-20(25-15-21(7-11-27)8-12-28-16-21)24-13-18-3-5-19(6-4-18)14-26-10-9-22-17-26;/h3-6,9-10,17,27H,2,7-8,11-16H2,1H3,(H2,23,24,25);1H. The first-order valence-electron chi connectivity index (χ1n) is 9.97. The lowest BCUT2D eigenvalue weighted by molar-refractivity contribution is 0.127. The van der Waals surface area contributed by atoms with Gasteiger partial charge in [-0.25, -0.2) is 9.98 Å². The molecule has 1 saturated heterocycles. The van der Waals surface area contributed by atoms with Gasteiger partial charge in [0.1, 0.15) is 0 Å². The first kappa shape index (κ1) is 23.6. The number of hydrogen-bond donors (Lipinski definition) is 3. The van der Waals surface area contributed by atoms with Crippen molar-refractivity contribution in [2.75, 3.05) is 32.9 Å². The zero-order chi connectivity index (χ0) is 19.7. The topological polar surface area (TPSA) is 83.7 Å². The van der Waals surface area contributed by atoms with Crippen LogP contribution in [-0.2, 0) is 17.8 Å². The van der Waals surface area contributed by atoms with E-state index < -0.39 is 0 Å². The minimum absolute atomic E-state index is 0. The minimum Gasteiger partial charge on any atom is -0.396 e. The molecule has 0 radical (unpaired) electrons. The molecule has 0 spiro atoms. The summed E-state index contributed by atoms with van der Waals surface area (Å²) in [5.74, 6) is 0.800. The highest BCUT2D eigenvalue weighted by Gasteiger charge is 2.34. The number of aliphatic hydroxyl groups is 1. The summed E-state index contributed by atoms with van der Waals surface area (Å²) in [5.41, 5.74) is 2.41.